The van der Waals surface area contributed by atoms with Gasteiger partial charge in [0.1, 0.15) is 6.23 Å². The van der Waals surface area contributed by atoms with E-state index in [1.54, 1.807) is 18.0 Å². The predicted octanol–water partition coefficient (Wildman–Crippen LogP) is -0.649. The topological polar surface area (TPSA) is 137 Å². The molecule has 2 heterocycles. The molecule has 0 aromatic rings. The van der Waals surface area contributed by atoms with E-state index in [0.29, 0.717) is 12.0 Å². The lowest BCUT2D eigenvalue weighted by molar-refractivity contribution is -0.124. The summed E-state index contributed by atoms with van der Waals surface area (Å²) in [5.74, 6) is -0.230. The van der Waals surface area contributed by atoms with Gasteiger partial charge >= 0.3 is 0 Å². The van der Waals surface area contributed by atoms with Crippen LogP contribution in [0.3, 0.4) is 0 Å². The van der Waals surface area contributed by atoms with Crippen LogP contribution < -0.4 is 11.1 Å². The number of aliphatic hydroxyl groups is 1. The number of carbonyl (C=O) groups is 1. The highest BCUT2D eigenvalue weighted by Gasteiger charge is 2.39. The Kier molecular flexibility index (Phi) is 3.91. The lowest BCUT2D eigenvalue weighted by Gasteiger charge is -2.36. The van der Waals surface area contributed by atoms with Gasteiger partial charge in [0.25, 0.3) is 5.91 Å². The van der Waals surface area contributed by atoms with E-state index in [1.807, 2.05) is 0 Å². The van der Waals surface area contributed by atoms with Gasteiger partial charge in [0.05, 0.1) is 18.8 Å². The Morgan fingerprint density at radius 3 is 3.16 bits per heavy atom. The number of azide groups is 1. The lowest BCUT2D eigenvalue weighted by Crippen LogP contribution is -2.58. The van der Waals surface area contributed by atoms with E-state index < -0.39 is 24.7 Å². The maximum atomic E-state index is 11.4. The Bertz CT molecular complexity index is 447. The van der Waals surface area contributed by atoms with Gasteiger partial charge in [0.15, 0.2) is 6.29 Å². The fourth-order valence-electron chi connectivity index (χ4n) is 2.20. The van der Waals surface area contributed by atoms with Gasteiger partial charge in [0, 0.05) is 23.1 Å². The standard InChI is InChI=1S/C10H16N6O3/c1-5-3-16(10(11)13-9(5)18)8-2-6(14-15-12)7(4-17)19-8/h3,6-8,10,17H,2,4,11H2,1H3,(H,13,18)/t6-,7+,8+,10?/m0/s1. The van der Waals surface area contributed by atoms with E-state index in [1.165, 1.54) is 0 Å². The normalized spacial score (nSPS) is 34.6. The third kappa shape index (κ3) is 2.64. The van der Waals surface area contributed by atoms with Crippen LogP contribution in [0, 0.1) is 0 Å². The fourth-order valence-corrected chi connectivity index (χ4v) is 2.20. The molecule has 104 valence electrons. The molecule has 4 N–H and O–H groups in total. The molecule has 0 radical (unpaired) electrons. The number of nitrogens with one attached hydrogen (secondary N) is 1. The van der Waals surface area contributed by atoms with Crippen LogP contribution >= 0.6 is 0 Å². The number of rotatable bonds is 3. The van der Waals surface area contributed by atoms with Crippen molar-refractivity contribution >= 4 is 5.91 Å². The second kappa shape index (κ2) is 5.45. The smallest absolute Gasteiger partial charge is 0.250 e. The minimum atomic E-state index is -0.703. The van der Waals surface area contributed by atoms with E-state index in [9.17, 15) is 9.90 Å². The number of nitrogens with two attached hydrogens (primary N) is 1. The minimum absolute atomic E-state index is 0.230. The first-order valence-corrected chi connectivity index (χ1v) is 5.89. The summed E-state index contributed by atoms with van der Waals surface area (Å²) >= 11 is 0. The first-order valence-electron chi connectivity index (χ1n) is 5.89. The van der Waals surface area contributed by atoms with Crippen LogP contribution in [0.4, 0.5) is 0 Å². The fraction of sp³-hybridized carbons (Fsp3) is 0.700. The molecule has 4 atom stereocenters. The van der Waals surface area contributed by atoms with E-state index in [2.05, 4.69) is 15.3 Å². The molecular formula is C10H16N6O3. The zero-order valence-corrected chi connectivity index (χ0v) is 10.4. The first-order chi connectivity index (χ1) is 9.06. The molecule has 1 saturated heterocycles. The highest BCUT2D eigenvalue weighted by Crippen LogP contribution is 2.27. The Balaban J connectivity index is 2.15. The number of carbonyl (C=O) groups excluding carboxylic acids is 1. The number of amides is 1. The van der Waals surface area contributed by atoms with Crippen LogP contribution in [0.1, 0.15) is 13.3 Å². The highest BCUT2D eigenvalue weighted by atomic mass is 16.5. The van der Waals surface area contributed by atoms with Gasteiger partial charge < -0.3 is 20.1 Å². The van der Waals surface area contributed by atoms with Crippen molar-refractivity contribution in [2.75, 3.05) is 6.61 Å². The summed E-state index contributed by atoms with van der Waals surface area (Å²) in [6.45, 7) is 1.43. The van der Waals surface area contributed by atoms with Crippen LogP contribution in [0.15, 0.2) is 16.9 Å². The quantitative estimate of drug-likeness (QED) is 0.355. The Hall–Kier alpha value is -1.80. The summed E-state index contributed by atoms with van der Waals surface area (Å²) in [5, 5.41) is 15.4. The molecule has 2 aliphatic rings. The molecule has 1 fully saturated rings. The summed E-state index contributed by atoms with van der Waals surface area (Å²) < 4.78 is 5.60. The molecule has 19 heavy (non-hydrogen) atoms. The van der Waals surface area contributed by atoms with E-state index in [0.717, 1.165) is 0 Å². The van der Waals surface area contributed by atoms with Crippen LogP contribution in [0.2, 0.25) is 0 Å². The van der Waals surface area contributed by atoms with Gasteiger partial charge in [0.2, 0.25) is 0 Å². The monoisotopic (exact) mass is 268 g/mol. The highest BCUT2D eigenvalue weighted by molar-refractivity contribution is 5.93. The average molecular weight is 268 g/mol. The van der Waals surface area contributed by atoms with Crippen molar-refractivity contribution < 1.29 is 14.6 Å². The van der Waals surface area contributed by atoms with Gasteiger partial charge in [-0.05, 0) is 12.5 Å². The molecule has 9 heteroatoms. The van der Waals surface area contributed by atoms with E-state index in [4.69, 9.17) is 16.0 Å². The van der Waals surface area contributed by atoms with Crippen molar-refractivity contribution in [3.63, 3.8) is 0 Å². The number of hydrogen-bond acceptors (Lipinski definition) is 6. The van der Waals surface area contributed by atoms with Crippen molar-refractivity contribution in [3.8, 4) is 0 Å². The SMILES string of the molecule is CC1=CN([C@H]2C[C@H](N=[N+]=[N-])[C@@H](CO)O2)C(N)NC1=O. The number of hydrogen-bond donors (Lipinski definition) is 3. The second-order valence-electron chi connectivity index (χ2n) is 4.50. The number of aliphatic hydroxyl groups excluding tert-OH is 1. The van der Waals surface area contributed by atoms with E-state index >= 15 is 0 Å². The molecule has 0 aromatic carbocycles. The van der Waals surface area contributed by atoms with Crippen LogP contribution in [-0.2, 0) is 9.53 Å². The van der Waals surface area contributed by atoms with Gasteiger partial charge in [-0.3, -0.25) is 10.5 Å². The zero-order chi connectivity index (χ0) is 14.0. The third-order valence-corrected chi connectivity index (χ3v) is 3.22. The molecule has 0 saturated carbocycles. The van der Waals surface area contributed by atoms with Gasteiger partial charge in [-0.15, -0.1) is 0 Å². The summed E-state index contributed by atoms with van der Waals surface area (Å²) in [5.41, 5.74) is 14.8. The van der Waals surface area contributed by atoms with Gasteiger partial charge in [-0.25, -0.2) is 0 Å². The molecule has 9 nitrogen and oxygen atoms in total. The van der Waals surface area contributed by atoms with E-state index in [-0.39, 0.29) is 12.5 Å². The van der Waals surface area contributed by atoms with Crippen molar-refractivity contribution in [2.24, 2.45) is 10.8 Å². The Labute approximate surface area is 109 Å². The predicted molar refractivity (Wildman–Crippen MR) is 65.0 cm³/mol. The van der Waals surface area contributed by atoms with Crippen molar-refractivity contribution in [1.29, 1.82) is 0 Å². The average Bonchev–Trinajstić information content (AvgIpc) is 2.77. The molecule has 1 unspecified atom stereocenters. The number of nitrogens with zero attached hydrogens (tertiary/aromatic N) is 4. The minimum Gasteiger partial charge on any atom is -0.394 e. The molecule has 0 aliphatic carbocycles. The van der Waals surface area contributed by atoms with Crippen LogP contribution in [-0.4, -0.2) is 47.2 Å². The first kappa shape index (κ1) is 13.6. The lowest BCUT2D eigenvalue weighted by atomic mass is 10.1. The summed E-state index contributed by atoms with van der Waals surface area (Å²) in [6, 6.07) is -0.446. The molecule has 1 amide bonds. The molecule has 0 aromatic heterocycles. The molecule has 0 spiro atoms. The summed E-state index contributed by atoms with van der Waals surface area (Å²) in [6.07, 6.45) is 0.312. The Morgan fingerprint density at radius 2 is 2.53 bits per heavy atom. The van der Waals surface area contributed by atoms with Crippen LogP contribution in [0.25, 0.3) is 10.4 Å². The molecule has 0 bridgehead atoms. The maximum absolute atomic E-state index is 11.4. The zero-order valence-electron chi connectivity index (χ0n) is 10.4. The van der Waals surface area contributed by atoms with Crippen molar-refractivity contribution in [3.05, 3.63) is 22.2 Å². The number of ether oxygens (including phenoxy) is 1. The molecule has 2 rings (SSSR count). The largest absolute Gasteiger partial charge is 0.394 e. The van der Waals surface area contributed by atoms with Crippen LogP contribution in [0.5, 0.6) is 0 Å². The van der Waals surface area contributed by atoms with Gasteiger partial charge in [-0.1, -0.05) is 5.11 Å². The molecule has 2 aliphatic heterocycles. The van der Waals surface area contributed by atoms with Crippen molar-refractivity contribution in [1.82, 2.24) is 10.2 Å². The third-order valence-electron chi connectivity index (χ3n) is 3.22. The second-order valence-corrected chi connectivity index (χ2v) is 4.50. The van der Waals surface area contributed by atoms with Crippen molar-refractivity contribution in [2.45, 2.75) is 38.0 Å². The molecular weight excluding hydrogens is 252 g/mol. The Morgan fingerprint density at radius 1 is 1.79 bits per heavy atom. The summed E-state index contributed by atoms with van der Waals surface area (Å²) in [7, 11) is 0. The van der Waals surface area contributed by atoms with Gasteiger partial charge in [-0.2, -0.15) is 0 Å². The summed E-state index contributed by atoms with van der Waals surface area (Å²) in [4.78, 5) is 15.8. The maximum Gasteiger partial charge on any atom is 0.250 e.